The van der Waals surface area contributed by atoms with Crippen LogP contribution >= 0.6 is 11.8 Å². The van der Waals surface area contributed by atoms with Crippen LogP contribution in [0.15, 0.2) is 24.3 Å². The van der Waals surface area contributed by atoms with Crippen molar-refractivity contribution in [3.8, 4) is 0 Å². The summed E-state index contributed by atoms with van der Waals surface area (Å²) in [6, 6.07) is 6.80. The molecule has 1 unspecified atom stereocenters. The molecule has 5 nitrogen and oxygen atoms in total. The zero-order chi connectivity index (χ0) is 15.8. The molecule has 0 heterocycles. The normalized spacial score (nSPS) is 11.6. The van der Waals surface area contributed by atoms with Gasteiger partial charge in [-0.3, -0.25) is 14.4 Å². The number of Topliss-reactive ketones (excluding diaryl/α,β-unsaturated/α-hetero) is 1. The summed E-state index contributed by atoms with van der Waals surface area (Å²) in [5.41, 5.74) is 1.15. The molecule has 0 aromatic heterocycles. The molecule has 21 heavy (non-hydrogen) atoms. The van der Waals surface area contributed by atoms with Gasteiger partial charge in [0, 0.05) is 17.0 Å². The Hall–Kier alpha value is -1.82. The maximum atomic E-state index is 12.0. The van der Waals surface area contributed by atoms with E-state index in [0.717, 1.165) is 0 Å². The van der Waals surface area contributed by atoms with Gasteiger partial charge in [0.15, 0.2) is 5.78 Å². The number of nitrogens with one attached hydrogen (secondary N) is 1. The molecule has 0 aliphatic rings. The van der Waals surface area contributed by atoms with E-state index in [4.69, 9.17) is 0 Å². The van der Waals surface area contributed by atoms with Crippen LogP contribution in [0.2, 0.25) is 0 Å². The van der Waals surface area contributed by atoms with Crippen molar-refractivity contribution in [2.45, 2.75) is 25.5 Å². The van der Waals surface area contributed by atoms with Crippen molar-refractivity contribution in [2.75, 3.05) is 18.2 Å². The van der Waals surface area contributed by atoms with Crippen LogP contribution in [-0.2, 0) is 14.3 Å². The molecule has 1 amide bonds. The molecule has 0 saturated carbocycles. The van der Waals surface area contributed by atoms with Gasteiger partial charge in [-0.05, 0) is 26.0 Å². The minimum atomic E-state index is -0.296. The van der Waals surface area contributed by atoms with Gasteiger partial charge in [-0.1, -0.05) is 12.1 Å². The summed E-state index contributed by atoms with van der Waals surface area (Å²) in [6.07, 6.45) is 0.276. The van der Waals surface area contributed by atoms with Crippen LogP contribution in [0.5, 0.6) is 0 Å². The standard InChI is InChI=1S/C15H19NO4S/c1-10(17)12-5-4-6-13(9-12)16-15(19)11(2)21-8-7-14(18)20-3/h4-6,9,11H,7-8H2,1-3H3,(H,16,19). The summed E-state index contributed by atoms with van der Waals surface area (Å²) >= 11 is 1.38. The highest BCUT2D eigenvalue weighted by Gasteiger charge is 2.14. The predicted molar refractivity (Wildman–Crippen MR) is 83.6 cm³/mol. The van der Waals surface area contributed by atoms with E-state index in [1.807, 2.05) is 0 Å². The van der Waals surface area contributed by atoms with Crippen LogP contribution in [0.1, 0.15) is 30.6 Å². The largest absolute Gasteiger partial charge is 0.469 e. The zero-order valence-electron chi connectivity index (χ0n) is 12.3. The second kappa shape index (κ2) is 8.46. The molecule has 0 fully saturated rings. The first-order valence-corrected chi connectivity index (χ1v) is 7.59. The lowest BCUT2D eigenvalue weighted by atomic mass is 10.1. The number of rotatable bonds is 7. The number of methoxy groups -OCH3 is 1. The summed E-state index contributed by atoms with van der Waals surface area (Å²) in [6.45, 7) is 3.25. The molecule has 0 bridgehead atoms. The van der Waals surface area contributed by atoms with Gasteiger partial charge >= 0.3 is 5.97 Å². The Morgan fingerprint density at radius 2 is 2.05 bits per heavy atom. The summed E-state index contributed by atoms with van der Waals surface area (Å²) in [7, 11) is 1.34. The summed E-state index contributed by atoms with van der Waals surface area (Å²) in [5.74, 6) is 0.0239. The van der Waals surface area contributed by atoms with E-state index in [-0.39, 0.29) is 29.3 Å². The molecule has 0 saturated heterocycles. The number of thioether (sulfide) groups is 1. The first-order chi connectivity index (χ1) is 9.93. The molecular formula is C15H19NO4S. The number of benzene rings is 1. The topological polar surface area (TPSA) is 72.5 Å². The van der Waals surface area contributed by atoms with E-state index in [2.05, 4.69) is 10.1 Å². The van der Waals surface area contributed by atoms with Crippen LogP contribution in [0, 0.1) is 0 Å². The Labute approximate surface area is 128 Å². The summed E-state index contributed by atoms with van der Waals surface area (Å²) in [5, 5.41) is 2.47. The number of carbonyl (C=O) groups is 3. The van der Waals surface area contributed by atoms with Crippen molar-refractivity contribution in [2.24, 2.45) is 0 Å². The maximum absolute atomic E-state index is 12.0. The maximum Gasteiger partial charge on any atom is 0.306 e. The predicted octanol–water partition coefficient (Wildman–Crippen LogP) is 2.51. The molecule has 6 heteroatoms. The van der Waals surface area contributed by atoms with Crippen LogP contribution < -0.4 is 5.32 Å². The molecule has 0 spiro atoms. The van der Waals surface area contributed by atoms with Crippen LogP contribution in [0.3, 0.4) is 0 Å². The molecule has 1 rings (SSSR count). The van der Waals surface area contributed by atoms with E-state index >= 15 is 0 Å². The number of ketones is 1. The van der Waals surface area contributed by atoms with Gasteiger partial charge in [0.2, 0.25) is 5.91 Å². The quantitative estimate of drug-likeness (QED) is 0.619. The second-order valence-corrected chi connectivity index (χ2v) is 5.91. The van der Waals surface area contributed by atoms with E-state index in [0.29, 0.717) is 17.0 Å². The number of anilines is 1. The van der Waals surface area contributed by atoms with Gasteiger partial charge in [-0.15, -0.1) is 11.8 Å². The zero-order valence-corrected chi connectivity index (χ0v) is 13.2. The highest BCUT2D eigenvalue weighted by atomic mass is 32.2. The molecule has 0 radical (unpaired) electrons. The Bertz CT molecular complexity index is 530. The Balaban J connectivity index is 2.50. The number of hydrogen-bond donors (Lipinski definition) is 1. The van der Waals surface area contributed by atoms with Crippen molar-refractivity contribution in [3.63, 3.8) is 0 Å². The monoisotopic (exact) mass is 309 g/mol. The lowest BCUT2D eigenvalue weighted by molar-refractivity contribution is -0.140. The van der Waals surface area contributed by atoms with E-state index in [9.17, 15) is 14.4 Å². The lowest BCUT2D eigenvalue weighted by Gasteiger charge is -2.12. The van der Waals surface area contributed by atoms with Crippen molar-refractivity contribution in [1.29, 1.82) is 0 Å². The molecule has 0 aliphatic carbocycles. The average molecular weight is 309 g/mol. The van der Waals surface area contributed by atoms with Gasteiger partial charge < -0.3 is 10.1 Å². The Morgan fingerprint density at radius 3 is 2.67 bits per heavy atom. The number of carbonyl (C=O) groups excluding carboxylic acids is 3. The van der Waals surface area contributed by atoms with Gasteiger partial charge in [-0.25, -0.2) is 0 Å². The number of ether oxygens (including phenoxy) is 1. The van der Waals surface area contributed by atoms with Crippen molar-refractivity contribution in [3.05, 3.63) is 29.8 Å². The Morgan fingerprint density at radius 1 is 1.33 bits per heavy atom. The van der Waals surface area contributed by atoms with Crippen molar-refractivity contribution in [1.82, 2.24) is 0 Å². The number of hydrogen-bond acceptors (Lipinski definition) is 5. The molecule has 114 valence electrons. The van der Waals surface area contributed by atoms with E-state index < -0.39 is 0 Å². The van der Waals surface area contributed by atoms with Gasteiger partial charge in [0.1, 0.15) is 0 Å². The second-order valence-electron chi connectivity index (χ2n) is 4.47. The third-order valence-electron chi connectivity index (χ3n) is 2.81. The van der Waals surface area contributed by atoms with Crippen molar-refractivity contribution < 1.29 is 19.1 Å². The van der Waals surface area contributed by atoms with Crippen LogP contribution in [0.25, 0.3) is 0 Å². The Kier molecular flexibility index (Phi) is 6.94. The SMILES string of the molecule is COC(=O)CCSC(C)C(=O)Nc1cccc(C(C)=O)c1. The number of amides is 1. The summed E-state index contributed by atoms with van der Waals surface area (Å²) < 4.78 is 4.54. The van der Waals surface area contributed by atoms with Crippen LogP contribution in [-0.4, -0.2) is 35.8 Å². The molecule has 0 aliphatic heterocycles. The van der Waals surface area contributed by atoms with Crippen molar-refractivity contribution >= 4 is 35.1 Å². The van der Waals surface area contributed by atoms with E-state index in [1.165, 1.54) is 25.8 Å². The molecular weight excluding hydrogens is 290 g/mol. The fraction of sp³-hybridized carbons (Fsp3) is 0.400. The highest BCUT2D eigenvalue weighted by Crippen LogP contribution is 2.16. The van der Waals surface area contributed by atoms with Gasteiger partial charge in [0.25, 0.3) is 0 Å². The fourth-order valence-electron chi connectivity index (χ4n) is 1.56. The minimum Gasteiger partial charge on any atom is -0.469 e. The van der Waals surface area contributed by atoms with Gasteiger partial charge in [-0.2, -0.15) is 0 Å². The highest BCUT2D eigenvalue weighted by molar-refractivity contribution is 8.00. The third kappa shape index (κ3) is 5.99. The molecule has 1 atom stereocenters. The number of esters is 1. The molecule has 1 N–H and O–H groups in total. The summed E-state index contributed by atoms with van der Waals surface area (Å²) in [4.78, 5) is 34.3. The lowest BCUT2D eigenvalue weighted by Crippen LogP contribution is -2.23. The first-order valence-electron chi connectivity index (χ1n) is 6.54. The average Bonchev–Trinajstić information content (AvgIpc) is 2.47. The van der Waals surface area contributed by atoms with Crippen LogP contribution in [0.4, 0.5) is 5.69 Å². The molecule has 1 aromatic rings. The first kappa shape index (κ1) is 17.2. The molecule has 1 aromatic carbocycles. The fourth-order valence-corrected chi connectivity index (χ4v) is 2.40. The smallest absolute Gasteiger partial charge is 0.306 e. The van der Waals surface area contributed by atoms with Gasteiger partial charge in [0.05, 0.1) is 18.8 Å². The third-order valence-corrected chi connectivity index (χ3v) is 3.96. The minimum absolute atomic E-state index is 0.0494. The van der Waals surface area contributed by atoms with E-state index in [1.54, 1.807) is 31.2 Å².